The molecule has 2 aromatic carbocycles. The minimum atomic E-state index is -0.259. The molecule has 2 rings (SSSR count). The van der Waals surface area contributed by atoms with Gasteiger partial charge in [-0.05, 0) is 19.1 Å². The quantitative estimate of drug-likeness (QED) is 0.663. The summed E-state index contributed by atoms with van der Waals surface area (Å²) in [5.41, 5.74) is 2.11. The standard InChI is InChI=1S/C15H12O3/c1-10-2-5-12(6-3-10)15(18)13-7-4-11(9-16)8-14(13)17/h2-9,17H,1H3. The largest absolute Gasteiger partial charge is 0.507 e. The van der Waals surface area contributed by atoms with E-state index >= 15 is 0 Å². The van der Waals surface area contributed by atoms with Crippen molar-refractivity contribution in [1.82, 2.24) is 0 Å². The van der Waals surface area contributed by atoms with Gasteiger partial charge in [-0.3, -0.25) is 9.59 Å². The maximum Gasteiger partial charge on any atom is 0.196 e. The topological polar surface area (TPSA) is 54.4 Å². The van der Waals surface area contributed by atoms with Gasteiger partial charge >= 0.3 is 0 Å². The van der Waals surface area contributed by atoms with Crippen LogP contribution in [0.2, 0.25) is 0 Å². The van der Waals surface area contributed by atoms with E-state index in [2.05, 4.69) is 0 Å². The molecule has 0 unspecified atom stereocenters. The fraction of sp³-hybridized carbons (Fsp3) is 0.0667. The van der Waals surface area contributed by atoms with Crippen LogP contribution < -0.4 is 0 Å². The molecule has 3 heteroatoms. The Hall–Kier alpha value is -2.42. The lowest BCUT2D eigenvalue weighted by atomic mass is 10.0. The number of hydrogen-bond donors (Lipinski definition) is 1. The zero-order chi connectivity index (χ0) is 13.1. The lowest BCUT2D eigenvalue weighted by Gasteiger charge is -2.05. The SMILES string of the molecule is Cc1ccc(C(=O)c2ccc(C=O)cc2O)cc1. The van der Waals surface area contributed by atoms with Crippen LogP contribution >= 0.6 is 0 Å². The van der Waals surface area contributed by atoms with Gasteiger partial charge in [0.25, 0.3) is 0 Å². The molecule has 0 aliphatic heterocycles. The second-order valence-corrected chi connectivity index (χ2v) is 4.09. The number of rotatable bonds is 3. The Labute approximate surface area is 105 Å². The van der Waals surface area contributed by atoms with Crippen LogP contribution in [0.1, 0.15) is 31.8 Å². The van der Waals surface area contributed by atoms with Crippen molar-refractivity contribution in [2.24, 2.45) is 0 Å². The van der Waals surface area contributed by atoms with Crippen LogP contribution in [0.5, 0.6) is 5.75 Å². The number of ketones is 1. The summed E-state index contributed by atoms with van der Waals surface area (Å²) in [4.78, 5) is 22.7. The van der Waals surface area contributed by atoms with Crippen molar-refractivity contribution >= 4 is 12.1 Å². The van der Waals surface area contributed by atoms with Crippen LogP contribution in [-0.2, 0) is 0 Å². The van der Waals surface area contributed by atoms with E-state index in [0.717, 1.165) is 5.56 Å². The summed E-state index contributed by atoms with van der Waals surface area (Å²) in [5.74, 6) is -0.435. The second kappa shape index (κ2) is 4.84. The highest BCUT2D eigenvalue weighted by Crippen LogP contribution is 2.21. The van der Waals surface area contributed by atoms with E-state index in [9.17, 15) is 14.7 Å². The summed E-state index contributed by atoms with van der Waals surface area (Å²) in [6.45, 7) is 1.94. The average Bonchev–Trinajstić information content (AvgIpc) is 2.38. The Balaban J connectivity index is 2.39. The van der Waals surface area contributed by atoms with Gasteiger partial charge in [0.2, 0.25) is 0 Å². The zero-order valence-electron chi connectivity index (χ0n) is 9.88. The smallest absolute Gasteiger partial charge is 0.196 e. The minimum absolute atomic E-state index is 0.176. The molecule has 1 N–H and O–H groups in total. The summed E-state index contributed by atoms with van der Waals surface area (Å²) < 4.78 is 0. The molecule has 0 atom stereocenters. The molecule has 0 fully saturated rings. The Bertz CT molecular complexity index is 598. The number of aldehydes is 1. The first-order valence-corrected chi connectivity index (χ1v) is 5.51. The predicted molar refractivity (Wildman–Crippen MR) is 68.1 cm³/mol. The van der Waals surface area contributed by atoms with E-state index in [1.807, 2.05) is 19.1 Å². The van der Waals surface area contributed by atoms with Crippen LogP contribution in [0.15, 0.2) is 42.5 Å². The van der Waals surface area contributed by atoms with Crippen LogP contribution in [-0.4, -0.2) is 17.2 Å². The maximum absolute atomic E-state index is 12.1. The molecule has 0 saturated heterocycles. The van der Waals surface area contributed by atoms with E-state index in [0.29, 0.717) is 17.4 Å². The Morgan fingerprint density at radius 3 is 2.33 bits per heavy atom. The fourth-order valence-corrected chi connectivity index (χ4v) is 1.67. The molecular formula is C15H12O3. The number of benzene rings is 2. The number of carbonyl (C=O) groups excluding carboxylic acids is 2. The van der Waals surface area contributed by atoms with Crippen molar-refractivity contribution in [2.75, 3.05) is 0 Å². The van der Waals surface area contributed by atoms with Gasteiger partial charge in [-0.25, -0.2) is 0 Å². The molecule has 0 saturated carbocycles. The van der Waals surface area contributed by atoms with Gasteiger partial charge in [0.05, 0.1) is 5.56 Å². The van der Waals surface area contributed by atoms with Crippen LogP contribution in [0.3, 0.4) is 0 Å². The summed E-state index contributed by atoms with van der Waals surface area (Å²) >= 11 is 0. The highest BCUT2D eigenvalue weighted by Gasteiger charge is 2.13. The zero-order valence-corrected chi connectivity index (χ0v) is 9.88. The lowest BCUT2D eigenvalue weighted by Crippen LogP contribution is -2.02. The Morgan fingerprint density at radius 2 is 1.78 bits per heavy atom. The number of phenols is 1. The third-order valence-corrected chi connectivity index (χ3v) is 2.72. The molecule has 0 radical (unpaired) electrons. The van der Waals surface area contributed by atoms with E-state index in [1.165, 1.54) is 18.2 Å². The van der Waals surface area contributed by atoms with Crippen molar-refractivity contribution in [2.45, 2.75) is 6.92 Å². The molecule has 18 heavy (non-hydrogen) atoms. The fourth-order valence-electron chi connectivity index (χ4n) is 1.67. The van der Waals surface area contributed by atoms with Gasteiger partial charge < -0.3 is 5.11 Å². The van der Waals surface area contributed by atoms with E-state index < -0.39 is 0 Å². The van der Waals surface area contributed by atoms with Crippen molar-refractivity contribution in [3.8, 4) is 5.75 Å². The van der Waals surface area contributed by atoms with Crippen molar-refractivity contribution < 1.29 is 14.7 Å². The lowest BCUT2D eigenvalue weighted by molar-refractivity contribution is 0.103. The third-order valence-electron chi connectivity index (χ3n) is 2.72. The highest BCUT2D eigenvalue weighted by atomic mass is 16.3. The highest BCUT2D eigenvalue weighted by molar-refractivity contribution is 6.10. The number of aryl methyl sites for hydroxylation is 1. The monoisotopic (exact) mass is 240 g/mol. The van der Waals surface area contributed by atoms with E-state index in [4.69, 9.17) is 0 Å². The first-order valence-electron chi connectivity index (χ1n) is 5.51. The third kappa shape index (κ3) is 2.30. The molecule has 0 bridgehead atoms. The average molecular weight is 240 g/mol. The molecule has 2 aromatic rings. The predicted octanol–water partition coefficient (Wildman–Crippen LogP) is 2.74. The van der Waals surface area contributed by atoms with Crippen LogP contribution in [0.25, 0.3) is 0 Å². The van der Waals surface area contributed by atoms with Gasteiger partial charge in [-0.2, -0.15) is 0 Å². The van der Waals surface area contributed by atoms with Gasteiger partial charge in [-0.1, -0.05) is 35.9 Å². The molecule has 0 aliphatic rings. The molecular weight excluding hydrogens is 228 g/mol. The van der Waals surface area contributed by atoms with E-state index in [-0.39, 0.29) is 17.1 Å². The minimum Gasteiger partial charge on any atom is -0.507 e. The van der Waals surface area contributed by atoms with E-state index in [1.54, 1.807) is 12.1 Å². The van der Waals surface area contributed by atoms with Crippen molar-refractivity contribution in [3.63, 3.8) is 0 Å². The summed E-state index contributed by atoms with van der Waals surface area (Å²) in [5, 5.41) is 9.73. The molecule has 0 amide bonds. The Kier molecular flexibility index (Phi) is 3.24. The van der Waals surface area contributed by atoms with Gasteiger partial charge in [-0.15, -0.1) is 0 Å². The van der Waals surface area contributed by atoms with Crippen molar-refractivity contribution in [3.05, 3.63) is 64.7 Å². The van der Waals surface area contributed by atoms with Gasteiger partial charge in [0.15, 0.2) is 5.78 Å². The molecule has 0 aromatic heterocycles. The molecule has 90 valence electrons. The number of carbonyl (C=O) groups is 2. The summed E-state index contributed by atoms with van der Waals surface area (Å²) in [7, 11) is 0. The number of aromatic hydroxyl groups is 1. The summed E-state index contributed by atoms with van der Waals surface area (Å²) in [6, 6.07) is 11.4. The van der Waals surface area contributed by atoms with Gasteiger partial charge in [0.1, 0.15) is 12.0 Å². The van der Waals surface area contributed by atoms with Gasteiger partial charge in [0, 0.05) is 11.1 Å². The first kappa shape index (κ1) is 12.0. The normalized spacial score (nSPS) is 10.1. The maximum atomic E-state index is 12.1. The van der Waals surface area contributed by atoms with Crippen molar-refractivity contribution in [1.29, 1.82) is 0 Å². The molecule has 0 spiro atoms. The Morgan fingerprint density at radius 1 is 1.11 bits per heavy atom. The number of hydrogen-bond acceptors (Lipinski definition) is 3. The van der Waals surface area contributed by atoms with Crippen LogP contribution in [0.4, 0.5) is 0 Å². The first-order chi connectivity index (χ1) is 8.61. The second-order valence-electron chi connectivity index (χ2n) is 4.09. The molecule has 3 nitrogen and oxygen atoms in total. The molecule has 0 aliphatic carbocycles. The summed E-state index contributed by atoms with van der Waals surface area (Å²) in [6.07, 6.45) is 0.625. The molecule has 0 heterocycles. The van der Waals surface area contributed by atoms with Crippen LogP contribution in [0, 0.1) is 6.92 Å². The number of phenolic OH excluding ortho intramolecular Hbond substituents is 1.